The van der Waals surface area contributed by atoms with Crippen molar-refractivity contribution >= 4 is 5.97 Å². The second-order valence-corrected chi connectivity index (χ2v) is 5.55. The van der Waals surface area contributed by atoms with Crippen LogP contribution in [0.25, 0.3) is 0 Å². The van der Waals surface area contributed by atoms with Gasteiger partial charge in [-0.05, 0) is 26.2 Å². The van der Waals surface area contributed by atoms with Gasteiger partial charge in [0.2, 0.25) is 0 Å². The van der Waals surface area contributed by atoms with Gasteiger partial charge < -0.3 is 14.8 Å². The fourth-order valence-electron chi connectivity index (χ4n) is 2.90. The molecule has 0 aromatic carbocycles. The summed E-state index contributed by atoms with van der Waals surface area (Å²) in [6.07, 6.45) is 4.27. The number of ether oxygens (including phenoxy) is 2. The van der Waals surface area contributed by atoms with Gasteiger partial charge in [-0.15, -0.1) is 0 Å². The lowest BCUT2D eigenvalue weighted by atomic mass is 9.95. The number of esters is 1. The zero-order valence-electron chi connectivity index (χ0n) is 12.1. The molecule has 1 aliphatic heterocycles. The van der Waals surface area contributed by atoms with E-state index >= 15 is 0 Å². The zero-order valence-corrected chi connectivity index (χ0v) is 12.1. The van der Waals surface area contributed by atoms with E-state index in [4.69, 9.17) is 9.47 Å². The van der Waals surface area contributed by atoms with Crippen LogP contribution in [0.15, 0.2) is 0 Å². The van der Waals surface area contributed by atoms with E-state index in [-0.39, 0.29) is 24.2 Å². The summed E-state index contributed by atoms with van der Waals surface area (Å²) in [5, 5.41) is 3.29. The maximum Gasteiger partial charge on any atom is 0.323 e. The van der Waals surface area contributed by atoms with E-state index < -0.39 is 0 Å². The second-order valence-electron chi connectivity index (χ2n) is 5.55. The summed E-state index contributed by atoms with van der Waals surface area (Å²) in [6, 6.07) is -0.134. The number of nitrogens with zero attached hydrogens (tertiary/aromatic N) is 1. The van der Waals surface area contributed by atoms with Gasteiger partial charge in [-0.3, -0.25) is 9.69 Å². The van der Waals surface area contributed by atoms with Gasteiger partial charge in [0.1, 0.15) is 12.1 Å². The zero-order chi connectivity index (χ0) is 13.7. The Morgan fingerprint density at radius 3 is 2.63 bits per heavy atom. The second kappa shape index (κ2) is 7.22. The highest BCUT2D eigenvalue weighted by Crippen LogP contribution is 2.23. The Morgan fingerprint density at radius 2 is 1.95 bits per heavy atom. The first-order valence-electron chi connectivity index (χ1n) is 7.38. The lowest BCUT2D eigenvalue weighted by Gasteiger charge is -2.33. The molecule has 2 rings (SSSR count). The maximum atomic E-state index is 12.2. The predicted molar refractivity (Wildman–Crippen MR) is 73.0 cm³/mol. The molecule has 0 spiro atoms. The molecule has 1 saturated heterocycles. The molecule has 1 saturated carbocycles. The third-order valence-electron chi connectivity index (χ3n) is 4.23. The smallest absolute Gasteiger partial charge is 0.323 e. The van der Waals surface area contributed by atoms with Gasteiger partial charge in [-0.2, -0.15) is 0 Å². The Balaban J connectivity index is 1.79. The molecule has 5 nitrogen and oxygen atoms in total. The molecule has 5 heteroatoms. The first-order chi connectivity index (χ1) is 9.20. The van der Waals surface area contributed by atoms with Crippen molar-refractivity contribution in [1.82, 2.24) is 10.2 Å². The number of hydrogen-bond donors (Lipinski definition) is 1. The van der Waals surface area contributed by atoms with E-state index in [1.165, 1.54) is 0 Å². The number of nitrogens with one attached hydrogen (secondary N) is 1. The molecule has 0 amide bonds. The van der Waals surface area contributed by atoms with Crippen molar-refractivity contribution in [1.29, 1.82) is 0 Å². The van der Waals surface area contributed by atoms with Crippen LogP contribution in [-0.2, 0) is 14.3 Å². The van der Waals surface area contributed by atoms with Crippen molar-refractivity contribution in [3.63, 3.8) is 0 Å². The van der Waals surface area contributed by atoms with Crippen LogP contribution >= 0.6 is 0 Å². The van der Waals surface area contributed by atoms with E-state index in [2.05, 4.69) is 10.2 Å². The molecule has 110 valence electrons. The Labute approximate surface area is 115 Å². The number of rotatable bonds is 4. The number of hydrogen-bond acceptors (Lipinski definition) is 5. The summed E-state index contributed by atoms with van der Waals surface area (Å²) in [6.45, 7) is 5.69. The van der Waals surface area contributed by atoms with Crippen LogP contribution < -0.4 is 5.32 Å². The Bertz CT molecular complexity index is 292. The fourth-order valence-corrected chi connectivity index (χ4v) is 2.90. The number of piperazine rings is 1. The highest BCUT2D eigenvalue weighted by Gasteiger charge is 2.29. The number of carbonyl (C=O) groups excluding carboxylic acids is 1. The third-order valence-corrected chi connectivity index (χ3v) is 4.23. The van der Waals surface area contributed by atoms with Gasteiger partial charge in [0.05, 0.1) is 6.10 Å². The Kier molecular flexibility index (Phi) is 5.60. The van der Waals surface area contributed by atoms with Crippen LogP contribution in [0.4, 0.5) is 0 Å². The summed E-state index contributed by atoms with van der Waals surface area (Å²) in [4.78, 5) is 14.4. The normalized spacial score (nSPS) is 30.8. The maximum absolute atomic E-state index is 12.2. The van der Waals surface area contributed by atoms with Crippen molar-refractivity contribution < 1.29 is 14.3 Å². The number of carbonyl (C=O) groups is 1. The minimum absolute atomic E-state index is 0.0385. The summed E-state index contributed by atoms with van der Waals surface area (Å²) >= 11 is 0. The molecule has 19 heavy (non-hydrogen) atoms. The molecule has 1 heterocycles. The standard InChI is InChI=1S/C14H26N2O3/c1-11(16-8-6-15-7-9-16)14(17)19-13-5-3-4-12(10-13)18-2/h11-13,15H,3-10H2,1-2H3. The summed E-state index contributed by atoms with van der Waals surface area (Å²) in [7, 11) is 1.73. The molecule has 0 bridgehead atoms. The van der Waals surface area contributed by atoms with E-state index in [0.717, 1.165) is 51.9 Å². The molecule has 0 aromatic heterocycles. The fraction of sp³-hybridized carbons (Fsp3) is 0.929. The van der Waals surface area contributed by atoms with Gasteiger partial charge in [-0.25, -0.2) is 0 Å². The van der Waals surface area contributed by atoms with Crippen LogP contribution in [0.5, 0.6) is 0 Å². The van der Waals surface area contributed by atoms with Crippen LogP contribution in [0.2, 0.25) is 0 Å². The molecule has 0 radical (unpaired) electrons. The lowest BCUT2D eigenvalue weighted by molar-refractivity contribution is -0.158. The monoisotopic (exact) mass is 270 g/mol. The van der Waals surface area contributed by atoms with Crippen molar-refractivity contribution in [3.8, 4) is 0 Å². The van der Waals surface area contributed by atoms with Gasteiger partial charge in [-0.1, -0.05) is 0 Å². The van der Waals surface area contributed by atoms with Gasteiger partial charge >= 0.3 is 5.97 Å². The van der Waals surface area contributed by atoms with Crippen LogP contribution in [0.3, 0.4) is 0 Å². The molecule has 1 N–H and O–H groups in total. The lowest BCUT2D eigenvalue weighted by Crippen LogP contribution is -2.51. The molecule has 2 fully saturated rings. The van der Waals surface area contributed by atoms with Gasteiger partial charge in [0, 0.05) is 39.7 Å². The van der Waals surface area contributed by atoms with Crippen molar-refractivity contribution in [2.75, 3.05) is 33.3 Å². The molecule has 1 aliphatic carbocycles. The summed E-state index contributed by atoms with van der Waals surface area (Å²) in [5.41, 5.74) is 0. The number of methoxy groups -OCH3 is 1. The summed E-state index contributed by atoms with van der Waals surface area (Å²) < 4.78 is 11.0. The van der Waals surface area contributed by atoms with Crippen molar-refractivity contribution in [2.24, 2.45) is 0 Å². The largest absolute Gasteiger partial charge is 0.461 e. The quantitative estimate of drug-likeness (QED) is 0.765. The first-order valence-corrected chi connectivity index (χ1v) is 7.38. The van der Waals surface area contributed by atoms with Crippen molar-refractivity contribution in [2.45, 2.75) is 50.9 Å². The minimum atomic E-state index is -0.134. The average molecular weight is 270 g/mol. The highest BCUT2D eigenvalue weighted by atomic mass is 16.5. The van der Waals surface area contributed by atoms with Gasteiger partial charge in [0.15, 0.2) is 0 Å². The van der Waals surface area contributed by atoms with E-state index in [0.29, 0.717) is 0 Å². The van der Waals surface area contributed by atoms with E-state index in [1.54, 1.807) is 7.11 Å². The minimum Gasteiger partial charge on any atom is -0.461 e. The third kappa shape index (κ3) is 4.16. The van der Waals surface area contributed by atoms with E-state index in [1.807, 2.05) is 6.92 Å². The van der Waals surface area contributed by atoms with Crippen LogP contribution in [0.1, 0.15) is 32.6 Å². The molecular weight excluding hydrogens is 244 g/mol. The van der Waals surface area contributed by atoms with Crippen molar-refractivity contribution in [3.05, 3.63) is 0 Å². The topological polar surface area (TPSA) is 50.8 Å². The van der Waals surface area contributed by atoms with Crippen LogP contribution in [0, 0.1) is 0 Å². The SMILES string of the molecule is COC1CCCC(OC(=O)C(C)N2CCNCC2)C1. The highest BCUT2D eigenvalue weighted by molar-refractivity contribution is 5.75. The Hall–Kier alpha value is -0.650. The molecular formula is C14H26N2O3. The van der Waals surface area contributed by atoms with E-state index in [9.17, 15) is 4.79 Å². The Morgan fingerprint density at radius 1 is 1.26 bits per heavy atom. The molecule has 3 atom stereocenters. The predicted octanol–water partition coefficient (Wildman–Crippen LogP) is 0.781. The summed E-state index contributed by atoms with van der Waals surface area (Å²) in [5.74, 6) is -0.0800. The van der Waals surface area contributed by atoms with Gasteiger partial charge in [0.25, 0.3) is 0 Å². The molecule has 2 aliphatic rings. The average Bonchev–Trinajstić information content (AvgIpc) is 2.47. The molecule has 0 aromatic rings. The first kappa shape index (κ1) is 14.8. The van der Waals surface area contributed by atoms with Crippen LogP contribution in [-0.4, -0.2) is 62.4 Å². The molecule has 3 unspecified atom stereocenters.